The lowest BCUT2D eigenvalue weighted by Crippen LogP contribution is -2.38. The minimum atomic E-state index is -0.414. The van der Waals surface area contributed by atoms with Gasteiger partial charge >= 0.3 is 0 Å². The zero-order chi connectivity index (χ0) is 22.2. The van der Waals surface area contributed by atoms with Gasteiger partial charge in [-0.1, -0.05) is 23.2 Å². The van der Waals surface area contributed by atoms with Crippen LogP contribution in [0.15, 0.2) is 36.4 Å². The number of nitrogens with one attached hydrogen (secondary N) is 2. The van der Waals surface area contributed by atoms with Crippen molar-refractivity contribution in [2.45, 2.75) is 50.7 Å². The standard InChI is InChI=1S/C24H23Cl2N3O3/c25-15-4-8-21-14(10-15)11-22(32-21)20(30)9-13-1-5-17(6-2-13)27-24(31)23-28-18-7-3-16(26)12-19(18)29-23/h3-4,7-8,10,12-13,17,22H,1-2,5-6,9,11H2,(H,27,31)(H,28,29). The van der Waals surface area contributed by atoms with Gasteiger partial charge in [0.1, 0.15) is 5.75 Å². The normalized spacial score (nSPS) is 22.4. The molecule has 0 saturated heterocycles. The highest BCUT2D eigenvalue weighted by molar-refractivity contribution is 6.31. The first-order chi connectivity index (χ1) is 15.4. The summed E-state index contributed by atoms with van der Waals surface area (Å²) in [5.41, 5.74) is 2.44. The summed E-state index contributed by atoms with van der Waals surface area (Å²) in [6.45, 7) is 0. The molecule has 32 heavy (non-hydrogen) atoms. The van der Waals surface area contributed by atoms with Crippen molar-refractivity contribution < 1.29 is 14.3 Å². The minimum absolute atomic E-state index is 0.0831. The second kappa shape index (κ2) is 8.75. The highest BCUT2D eigenvalue weighted by atomic mass is 35.5. The average molecular weight is 472 g/mol. The average Bonchev–Trinajstić information content (AvgIpc) is 3.38. The fourth-order valence-corrected chi connectivity index (χ4v) is 5.03. The SMILES string of the molecule is O=C(NC1CCC(CC(=O)C2Cc3cc(Cl)ccc3O2)CC1)c1nc2ccc(Cl)cc2[nH]1. The molecule has 1 fully saturated rings. The number of ketones is 1. The molecule has 1 saturated carbocycles. The lowest BCUT2D eigenvalue weighted by Gasteiger charge is -2.29. The van der Waals surface area contributed by atoms with E-state index < -0.39 is 6.10 Å². The van der Waals surface area contributed by atoms with E-state index in [9.17, 15) is 9.59 Å². The molecule has 6 nitrogen and oxygen atoms in total. The number of imidazole rings is 1. The first-order valence-electron chi connectivity index (χ1n) is 10.9. The van der Waals surface area contributed by atoms with E-state index in [0.717, 1.165) is 42.5 Å². The summed E-state index contributed by atoms with van der Waals surface area (Å²) in [4.78, 5) is 32.8. The molecule has 1 amide bonds. The number of Topliss-reactive ketones (excluding diaryl/α,β-unsaturated/α-hetero) is 1. The van der Waals surface area contributed by atoms with Crippen LogP contribution >= 0.6 is 23.2 Å². The van der Waals surface area contributed by atoms with E-state index >= 15 is 0 Å². The van der Waals surface area contributed by atoms with Gasteiger partial charge < -0.3 is 15.0 Å². The molecular weight excluding hydrogens is 449 g/mol. The number of carbonyl (C=O) groups is 2. The molecule has 3 aromatic rings. The number of carbonyl (C=O) groups excluding carboxylic acids is 2. The molecule has 1 aliphatic carbocycles. The van der Waals surface area contributed by atoms with Crippen LogP contribution < -0.4 is 10.1 Å². The Morgan fingerprint density at radius 3 is 2.62 bits per heavy atom. The lowest BCUT2D eigenvalue weighted by atomic mass is 9.82. The molecule has 8 heteroatoms. The maximum Gasteiger partial charge on any atom is 0.287 e. The first-order valence-corrected chi connectivity index (χ1v) is 11.6. The van der Waals surface area contributed by atoms with Crippen LogP contribution in [-0.2, 0) is 11.2 Å². The smallest absolute Gasteiger partial charge is 0.287 e. The van der Waals surface area contributed by atoms with Gasteiger partial charge in [0.15, 0.2) is 17.7 Å². The fourth-order valence-electron chi connectivity index (χ4n) is 4.67. The van der Waals surface area contributed by atoms with Crippen LogP contribution in [0.5, 0.6) is 5.75 Å². The highest BCUT2D eigenvalue weighted by Gasteiger charge is 2.32. The molecule has 5 rings (SSSR count). The number of amides is 1. The summed E-state index contributed by atoms with van der Waals surface area (Å²) in [5.74, 6) is 1.29. The van der Waals surface area contributed by atoms with Crippen LogP contribution in [0.4, 0.5) is 0 Å². The summed E-state index contributed by atoms with van der Waals surface area (Å²) in [7, 11) is 0. The van der Waals surface area contributed by atoms with Gasteiger partial charge in [0.2, 0.25) is 0 Å². The number of benzene rings is 2. The largest absolute Gasteiger partial charge is 0.482 e. The van der Waals surface area contributed by atoms with Gasteiger partial charge in [-0.05, 0) is 73.6 Å². The van der Waals surface area contributed by atoms with Crippen LogP contribution in [0, 0.1) is 5.92 Å². The second-order valence-electron chi connectivity index (χ2n) is 8.67. The van der Waals surface area contributed by atoms with E-state index in [4.69, 9.17) is 27.9 Å². The predicted octanol–water partition coefficient (Wildman–Crippen LogP) is 5.12. The number of aromatic nitrogens is 2. The summed E-state index contributed by atoms with van der Waals surface area (Å²) in [6.07, 6.45) is 4.17. The van der Waals surface area contributed by atoms with E-state index in [-0.39, 0.29) is 23.6 Å². The number of hydrogen-bond acceptors (Lipinski definition) is 4. The van der Waals surface area contributed by atoms with Crippen molar-refractivity contribution >= 4 is 45.9 Å². The van der Waals surface area contributed by atoms with Crippen molar-refractivity contribution in [2.75, 3.05) is 0 Å². The summed E-state index contributed by atoms with van der Waals surface area (Å²) >= 11 is 12.0. The maximum absolute atomic E-state index is 12.8. The third-order valence-corrected chi connectivity index (χ3v) is 6.86. The molecule has 2 aliphatic rings. The van der Waals surface area contributed by atoms with E-state index in [0.29, 0.717) is 34.3 Å². The number of rotatable bonds is 5. The molecule has 1 aliphatic heterocycles. The van der Waals surface area contributed by atoms with Gasteiger partial charge in [-0.2, -0.15) is 0 Å². The number of aromatic amines is 1. The van der Waals surface area contributed by atoms with Crippen LogP contribution in [0.1, 0.15) is 48.3 Å². The zero-order valence-electron chi connectivity index (χ0n) is 17.4. The van der Waals surface area contributed by atoms with E-state index in [1.54, 1.807) is 24.3 Å². The minimum Gasteiger partial charge on any atom is -0.482 e. The van der Waals surface area contributed by atoms with Crippen molar-refractivity contribution in [2.24, 2.45) is 5.92 Å². The number of nitrogens with zero attached hydrogens (tertiary/aromatic N) is 1. The molecule has 1 atom stereocenters. The van der Waals surface area contributed by atoms with Gasteiger partial charge in [0, 0.05) is 28.9 Å². The van der Waals surface area contributed by atoms with Crippen molar-refractivity contribution in [3.8, 4) is 5.75 Å². The van der Waals surface area contributed by atoms with Gasteiger partial charge in [-0.25, -0.2) is 4.98 Å². The molecule has 1 unspecified atom stereocenters. The Labute approximate surface area is 195 Å². The molecule has 166 valence electrons. The van der Waals surface area contributed by atoms with Crippen molar-refractivity contribution in [3.05, 3.63) is 57.8 Å². The van der Waals surface area contributed by atoms with Gasteiger partial charge in [-0.15, -0.1) is 0 Å². The quantitative estimate of drug-likeness (QED) is 0.540. The molecule has 0 spiro atoms. The van der Waals surface area contributed by atoms with Crippen molar-refractivity contribution in [3.63, 3.8) is 0 Å². The van der Waals surface area contributed by atoms with E-state index in [2.05, 4.69) is 15.3 Å². The number of halogens is 2. The topological polar surface area (TPSA) is 84.1 Å². The third kappa shape index (κ3) is 4.48. The highest BCUT2D eigenvalue weighted by Crippen LogP contribution is 2.34. The van der Waals surface area contributed by atoms with Crippen LogP contribution in [-0.4, -0.2) is 33.8 Å². The summed E-state index contributed by atoms with van der Waals surface area (Å²) in [6, 6.07) is 10.9. The molecule has 2 aromatic carbocycles. The lowest BCUT2D eigenvalue weighted by molar-refractivity contribution is -0.126. The molecule has 2 N–H and O–H groups in total. The summed E-state index contributed by atoms with van der Waals surface area (Å²) < 4.78 is 5.84. The first kappa shape index (κ1) is 21.3. The molecule has 2 heterocycles. The van der Waals surface area contributed by atoms with Gasteiger partial charge in [0.25, 0.3) is 5.91 Å². The zero-order valence-corrected chi connectivity index (χ0v) is 18.9. The summed E-state index contributed by atoms with van der Waals surface area (Å²) in [5, 5.41) is 4.32. The Kier molecular flexibility index (Phi) is 5.82. The van der Waals surface area contributed by atoms with Crippen LogP contribution in [0.25, 0.3) is 11.0 Å². The van der Waals surface area contributed by atoms with Crippen molar-refractivity contribution in [1.82, 2.24) is 15.3 Å². The predicted molar refractivity (Wildman–Crippen MR) is 124 cm³/mol. The Bertz CT molecular complexity index is 1180. The number of H-pyrrole nitrogens is 1. The Balaban J connectivity index is 1.11. The molecule has 0 bridgehead atoms. The van der Waals surface area contributed by atoms with Gasteiger partial charge in [0.05, 0.1) is 11.0 Å². The second-order valence-corrected chi connectivity index (χ2v) is 9.54. The maximum atomic E-state index is 12.8. The van der Waals surface area contributed by atoms with E-state index in [1.165, 1.54) is 0 Å². The third-order valence-electron chi connectivity index (χ3n) is 6.39. The fraction of sp³-hybridized carbons (Fsp3) is 0.375. The van der Waals surface area contributed by atoms with Crippen LogP contribution in [0.3, 0.4) is 0 Å². The number of hydrogen-bond donors (Lipinski definition) is 2. The molecular formula is C24H23Cl2N3O3. The van der Waals surface area contributed by atoms with Crippen LogP contribution in [0.2, 0.25) is 10.0 Å². The molecule has 0 radical (unpaired) electrons. The Morgan fingerprint density at radius 2 is 1.81 bits per heavy atom. The Hall–Kier alpha value is -2.57. The Morgan fingerprint density at radius 1 is 1.06 bits per heavy atom. The monoisotopic (exact) mass is 471 g/mol. The van der Waals surface area contributed by atoms with E-state index in [1.807, 2.05) is 12.1 Å². The van der Waals surface area contributed by atoms with Crippen molar-refractivity contribution in [1.29, 1.82) is 0 Å². The van der Waals surface area contributed by atoms with Gasteiger partial charge in [-0.3, -0.25) is 9.59 Å². The number of ether oxygens (including phenoxy) is 1. The number of fused-ring (bicyclic) bond motifs is 2. The molecule has 1 aromatic heterocycles.